The minimum atomic E-state index is 0.882. The Bertz CT molecular complexity index is 1020. The molecule has 0 fully saturated rings. The molecule has 0 unspecified atom stereocenters. The van der Waals surface area contributed by atoms with Crippen molar-refractivity contribution in [1.29, 1.82) is 0 Å². The highest BCUT2D eigenvalue weighted by Gasteiger charge is 2.10. The van der Waals surface area contributed by atoms with Gasteiger partial charge in [-0.15, -0.1) is 0 Å². The molecule has 2 heterocycles. The second-order valence-corrected chi connectivity index (χ2v) is 7.73. The third-order valence-corrected chi connectivity index (χ3v) is 5.71. The molecule has 4 aromatic rings. The van der Waals surface area contributed by atoms with E-state index in [9.17, 15) is 0 Å². The summed E-state index contributed by atoms with van der Waals surface area (Å²) in [7, 11) is 0. The van der Waals surface area contributed by atoms with E-state index < -0.39 is 0 Å². The fourth-order valence-corrected chi connectivity index (χ4v) is 3.83. The average Bonchev–Trinajstić information content (AvgIpc) is 2.80. The molecule has 0 radical (unpaired) electrons. The molecular weight excluding hydrogens is 368 g/mol. The molecule has 4 nitrogen and oxygen atoms in total. The Morgan fingerprint density at radius 2 is 1.00 bits per heavy atom. The van der Waals surface area contributed by atoms with Gasteiger partial charge in [0, 0.05) is 37.0 Å². The van der Waals surface area contributed by atoms with Crippen molar-refractivity contribution in [2.45, 2.75) is 26.9 Å². The average molecular weight is 399 g/mol. The normalized spacial score (nSPS) is 11.7. The van der Waals surface area contributed by atoms with Crippen molar-refractivity contribution in [3.8, 4) is 0 Å². The number of nitrogens with zero attached hydrogens (tertiary/aromatic N) is 4. The summed E-state index contributed by atoms with van der Waals surface area (Å²) >= 11 is 0. The highest BCUT2D eigenvalue weighted by atomic mass is 15.2. The first kappa shape index (κ1) is 20.5. The van der Waals surface area contributed by atoms with Crippen molar-refractivity contribution in [3.05, 3.63) is 84.2 Å². The molecule has 0 aliphatic carbocycles. The Morgan fingerprint density at radius 3 is 1.43 bits per heavy atom. The van der Waals surface area contributed by atoms with Gasteiger partial charge in [0.15, 0.2) is 0 Å². The Balaban J connectivity index is 1.37. The lowest BCUT2D eigenvalue weighted by Gasteiger charge is -2.26. The fourth-order valence-electron chi connectivity index (χ4n) is 3.83. The van der Waals surface area contributed by atoms with Gasteiger partial charge in [0.2, 0.25) is 0 Å². The lowest BCUT2D eigenvalue weighted by Crippen LogP contribution is -2.35. The summed E-state index contributed by atoms with van der Waals surface area (Å²) in [6.45, 7) is 10.3. The summed E-state index contributed by atoms with van der Waals surface area (Å²) in [5, 5.41) is 2.40. The molecule has 0 N–H and O–H groups in total. The Labute approximate surface area is 179 Å². The van der Waals surface area contributed by atoms with E-state index in [4.69, 9.17) is 9.97 Å². The number of fused-ring (bicyclic) bond motifs is 2. The minimum Gasteiger partial charge on any atom is -0.297 e. The number of para-hydroxylation sites is 2. The van der Waals surface area contributed by atoms with E-state index >= 15 is 0 Å². The summed E-state index contributed by atoms with van der Waals surface area (Å²) in [5.74, 6) is 0. The van der Waals surface area contributed by atoms with Gasteiger partial charge in [0.05, 0.1) is 22.4 Å². The first-order chi connectivity index (χ1) is 14.7. The van der Waals surface area contributed by atoms with E-state index in [1.807, 2.05) is 0 Å². The van der Waals surface area contributed by atoms with Gasteiger partial charge in [-0.1, -0.05) is 62.4 Å². The first-order valence-corrected chi connectivity index (χ1v) is 10.9. The molecule has 0 saturated carbocycles. The molecule has 2 aromatic heterocycles. The number of likely N-dealkylation sites (N-methyl/N-ethyl adjacent to an activating group) is 2. The van der Waals surface area contributed by atoms with E-state index in [2.05, 4.69) is 96.4 Å². The maximum absolute atomic E-state index is 4.84. The molecule has 4 rings (SSSR count). The quantitative estimate of drug-likeness (QED) is 0.391. The highest BCUT2D eigenvalue weighted by Crippen LogP contribution is 2.14. The SMILES string of the molecule is CCN(CCN(CC)Cc1ccc2ccccc2n1)Cc1ccc2ccccc2n1. The topological polar surface area (TPSA) is 32.3 Å². The van der Waals surface area contributed by atoms with E-state index in [1.54, 1.807) is 0 Å². The van der Waals surface area contributed by atoms with Gasteiger partial charge in [0.25, 0.3) is 0 Å². The van der Waals surface area contributed by atoms with Gasteiger partial charge in [-0.05, 0) is 37.4 Å². The van der Waals surface area contributed by atoms with Crippen LogP contribution in [0.15, 0.2) is 72.8 Å². The molecule has 0 aliphatic heterocycles. The van der Waals surface area contributed by atoms with Crippen LogP contribution in [0.25, 0.3) is 21.8 Å². The number of benzene rings is 2. The monoisotopic (exact) mass is 398 g/mol. The molecule has 0 spiro atoms. The summed E-state index contributed by atoms with van der Waals surface area (Å²) < 4.78 is 0. The van der Waals surface area contributed by atoms with Crippen molar-refractivity contribution in [2.75, 3.05) is 26.2 Å². The van der Waals surface area contributed by atoms with Crippen LogP contribution in [0.5, 0.6) is 0 Å². The van der Waals surface area contributed by atoms with Gasteiger partial charge in [0.1, 0.15) is 0 Å². The summed E-state index contributed by atoms with van der Waals surface area (Å²) in [6, 6.07) is 25.3. The Kier molecular flexibility index (Phi) is 6.67. The van der Waals surface area contributed by atoms with Crippen LogP contribution in [0, 0.1) is 0 Å². The summed E-state index contributed by atoms with van der Waals surface area (Å²) in [6.07, 6.45) is 0. The standard InChI is InChI=1S/C26H30N4/c1-3-29(19-23-15-13-21-9-5-7-11-25(21)27-23)17-18-30(4-2)20-24-16-14-22-10-6-8-12-26(22)28-24/h5-16H,3-4,17-20H2,1-2H3. The largest absolute Gasteiger partial charge is 0.297 e. The molecule has 0 atom stereocenters. The van der Waals surface area contributed by atoms with E-state index in [0.717, 1.165) is 61.7 Å². The van der Waals surface area contributed by atoms with E-state index in [0.29, 0.717) is 0 Å². The molecular formula is C26H30N4. The van der Waals surface area contributed by atoms with Crippen LogP contribution in [0.2, 0.25) is 0 Å². The number of rotatable bonds is 9. The number of hydrogen-bond acceptors (Lipinski definition) is 4. The van der Waals surface area contributed by atoms with Crippen molar-refractivity contribution in [3.63, 3.8) is 0 Å². The van der Waals surface area contributed by atoms with Crippen LogP contribution in [-0.2, 0) is 13.1 Å². The molecule has 0 saturated heterocycles. The predicted octanol–water partition coefficient (Wildman–Crippen LogP) is 5.13. The Morgan fingerprint density at radius 1 is 0.567 bits per heavy atom. The highest BCUT2D eigenvalue weighted by molar-refractivity contribution is 5.79. The second kappa shape index (κ2) is 9.79. The second-order valence-electron chi connectivity index (χ2n) is 7.73. The number of hydrogen-bond donors (Lipinski definition) is 0. The zero-order valence-corrected chi connectivity index (χ0v) is 18.0. The number of aromatic nitrogens is 2. The van der Waals surface area contributed by atoms with Crippen molar-refractivity contribution < 1.29 is 0 Å². The molecule has 2 aromatic carbocycles. The molecule has 0 amide bonds. The van der Waals surface area contributed by atoms with Crippen molar-refractivity contribution in [1.82, 2.24) is 19.8 Å². The van der Waals surface area contributed by atoms with Crippen LogP contribution >= 0.6 is 0 Å². The third-order valence-electron chi connectivity index (χ3n) is 5.71. The zero-order chi connectivity index (χ0) is 20.8. The lowest BCUT2D eigenvalue weighted by molar-refractivity contribution is 0.202. The van der Waals surface area contributed by atoms with Crippen molar-refractivity contribution >= 4 is 21.8 Å². The van der Waals surface area contributed by atoms with E-state index in [1.165, 1.54) is 10.8 Å². The molecule has 154 valence electrons. The van der Waals surface area contributed by atoms with Gasteiger partial charge >= 0.3 is 0 Å². The molecule has 4 heteroatoms. The van der Waals surface area contributed by atoms with Gasteiger partial charge in [-0.3, -0.25) is 19.8 Å². The lowest BCUT2D eigenvalue weighted by atomic mass is 10.2. The first-order valence-electron chi connectivity index (χ1n) is 10.9. The van der Waals surface area contributed by atoms with Crippen LogP contribution in [-0.4, -0.2) is 45.9 Å². The van der Waals surface area contributed by atoms with Crippen LogP contribution in [0.1, 0.15) is 25.2 Å². The maximum atomic E-state index is 4.84. The molecule has 0 aliphatic rings. The van der Waals surface area contributed by atoms with Gasteiger partial charge in [-0.25, -0.2) is 0 Å². The van der Waals surface area contributed by atoms with Gasteiger partial charge in [-0.2, -0.15) is 0 Å². The Hall–Kier alpha value is -2.82. The van der Waals surface area contributed by atoms with Gasteiger partial charge < -0.3 is 0 Å². The third kappa shape index (κ3) is 5.02. The van der Waals surface area contributed by atoms with Crippen LogP contribution < -0.4 is 0 Å². The van der Waals surface area contributed by atoms with Crippen LogP contribution in [0.4, 0.5) is 0 Å². The zero-order valence-electron chi connectivity index (χ0n) is 18.0. The van der Waals surface area contributed by atoms with Crippen molar-refractivity contribution in [2.24, 2.45) is 0 Å². The minimum absolute atomic E-state index is 0.882. The summed E-state index contributed by atoms with van der Waals surface area (Å²) in [5.41, 5.74) is 4.41. The summed E-state index contributed by atoms with van der Waals surface area (Å²) in [4.78, 5) is 14.6. The predicted molar refractivity (Wildman–Crippen MR) is 125 cm³/mol. The maximum Gasteiger partial charge on any atom is 0.0705 e. The smallest absolute Gasteiger partial charge is 0.0705 e. The fraction of sp³-hybridized carbons (Fsp3) is 0.308. The number of pyridine rings is 2. The molecule has 0 bridgehead atoms. The molecule has 30 heavy (non-hydrogen) atoms. The van der Waals surface area contributed by atoms with E-state index in [-0.39, 0.29) is 0 Å². The van der Waals surface area contributed by atoms with Crippen LogP contribution in [0.3, 0.4) is 0 Å².